The highest BCUT2D eigenvalue weighted by Gasteiger charge is 2.14. The molecular formula is C12H14N2O2. The highest BCUT2D eigenvalue weighted by Crippen LogP contribution is 2.34. The summed E-state index contributed by atoms with van der Waals surface area (Å²) < 4.78 is 10.5. The van der Waals surface area contributed by atoms with E-state index in [1.807, 2.05) is 19.9 Å². The summed E-state index contributed by atoms with van der Waals surface area (Å²) in [7, 11) is 1.64. The first-order chi connectivity index (χ1) is 7.61. The first-order valence-electron chi connectivity index (χ1n) is 4.99. The molecule has 1 aromatic heterocycles. The van der Waals surface area contributed by atoms with E-state index in [9.17, 15) is 0 Å². The fourth-order valence-electron chi connectivity index (χ4n) is 1.81. The average molecular weight is 218 g/mol. The molecule has 0 bridgehead atoms. The number of nitrogens with zero attached hydrogens (tertiary/aromatic N) is 1. The van der Waals surface area contributed by atoms with Gasteiger partial charge in [-0.2, -0.15) is 0 Å². The van der Waals surface area contributed by atoms with Gasteiger partial charge in [0.25, 0.3) is 0 Å². The van der Waals surface area contributed by atoms with Gasteiger partial charge in [-0.25, -0.2) is 0 Å². The molecule has 2 aromatic rings. The highest BCUT2D eigenvalue weighted by atomic mass is 16.5. The summed E-state index contributed by atoms with van der Waals surface area (Å²) in [6, 6.07) is 5.72. The monoisotopic (exact) mass is 218 g/mol. The minimum absolute atomic E-state index is 0.372. The van der Waals surface area contributed by atoms with Crippen LogP contribution in [0.1, 0.15) is 11.1 Å². The number of ether oxygens (including phenoxy) is 1. The van der Waals surface area contributed by atoms with Crippen molar-refractivity contribution in [2.24, 2.45) is 0 Å². The maximum absolute atomic E-state index is 5.54. The summed E-state index contributed by atoms with van der Waals surface area (Å²) in [4.78, 5) is 0. The fraction of sp³-hybridized carbons (Fsp3) is 0.250. The lowest BCUT2D eigenvalue weighted by Crippen LogP contribution is -1.91. The van der Waals surface area contributed by atoms with Gasteiger partial charge in [-0.1, -0.05) is 11.2 Å². The Morgan fingerprint density at radius 3 is 2.56 bits per heavy atom. The van der Waals surface area contributed by atoms with Gasteiger partial charge in [-0.05, 0) is 31.0 Å². The van der Waals surface area contributed by atoms with Crippen LogP contribution in [0.25, 0.3) is 11.3 Å². The van der Waals surface area contributed by atoms with Gasteiger partial charge in [0.2, 0.25) is 0 Å². The number of nitrogen functional groups attached to an aromatic ring is 1. The van der Waals surface area contributed by atoms with Crippen LogP contribution < -0.4 is 10.5 Å². The van der Waals surface area contributed by atoms with E-state index >= 15 is 0 Å². The van der Waals surface area contributed by atoms with Crippen molar-refractivity contribution in [1.82, 2.24) is 5.16 Å². The molecule has 0 radical (unpaired) electrons. The van der Waals surface area contributed by atoms with Crippen LogP contribution >= 0.6 is 0 Å². The normalized spacial score (nSPS) is 10.4. The van der Waals surface area contributed by atoms with Crippen LogP contribution in [-0.4, -0.2) is 12.3 Å². The smallest absolute Gasteiger partial charge is 0.173 e. The molecule has 16 heavy (non-hydrogen) atoms. The van der Waals surface area contributed by atoms with Crippen molar-refractivity contribution >= 4 is 5.82 Å². The zero-order chi connectivity index (χ0) is 11.7. The number of hydrogen-bond acceptors (Lipinski definition) is 4. The Balaban J connectivity index is 2.63. The Bertz CT molecular complexity index is 518. The summed E-state index contributed by atoms with van der Waals surface area (Å²) in [5, 5.41) is 3.68. The molecule has 0 saturated carbocycles. The summed E-state index contributed by atoms with van der Waals surface area (Å²) >= 11 is 0. The molecule has 0 spiro atoms. The molecule has 0 aliphatic rings. The van der Waals surface area contributed by atoms with Crippen molar-refractivity contribution in [3.8, 4) is 17.1 Å². The van der Waals surface area contributed by atoms with E-state index in [2.05, 4.69) is 11.2 Å². The van der Waals surface area contributed by atoms with E-state index in [4.69, 9.17) is 15.0 Å². The summed E-state index contributed by atoms with van der Waals surface area (Å²) in [6.45, 7) is 4.03. The number of methoxy groups -OCH3 is 1. The second kappa shape index (κ2) is 3.89. The topological polar surface area (TPSA) is 61.3 Å². The van der Waals surface area contributed by atoms with Gasteiger partial charge in [0.1, 0.15) is 5.75 Å². The van der Waals surface area contributed by atoms with Crippen LogP contribution in [0.2, 0.25) is 0 Å². The minimum Gasteiger partial charge on any atom is -0.496 e. The second-order valence-electron chi connectivity index (χ2n) is 3.78. The first-order valence-corrected chi connectivity index (χ1v) is 4.99. The van der Waals surface area contributed by atoms with Crippen molar-refractivity contribution in [1.29, 1.82) is 0 Å². The maximum atomic E-state index is 5.54. The third-order valence-electron chi connectivity index (χ3n) is 2.44. The van der Waals surface area contributed by atoms with Crippen LogP contribution in [-0.2, 0) is 0 Å². The third-order valence-corrected chi connectivity index (χ3v) is 2.44. The van der Waals surface area contributed by atoms with Gasteiger partial charge >= 0.3 is 0 Å². The Morgan fingerprint density at radius 1 is 1.25 bits per heavy atom. The molecule has 0 unspecified atom stereocenters. The van der Waals surface area contributed by atoms with Crippen LogP contribution in [0.15, 0.2) is 22.7 Å². The highest BCUT2D eigenvalue weighted by molar-refractivity contribution is 5.71. The molecule has 1 heterocycles. The lowest BCUT2D eigenvalue weighted by atomic mass is 10.0. The molecule has 4 heteroatoms. The molecule has 4 nitrogen and oxygen atoms in total. The second-order valence-corrected chi connectivity index (χ2v) is 3.78. The Labute approximate surface area is 94.0 Å². The van der Waals surface area contributed by atoms with E-state index in [-0.39, 0.29) is 0 Å². The quantitative estimate of drug-likeness (QED) is 0.841. The largest absolute Gasteiger partial charge is 0.496 e. The number of rotatable bonds is 2. The lowest BCUT2D eigenvalue weighted by Gasteiger charge is -2.10. The first kappa shape index (κ1) is 10.5. The maximum Gasteiger partial charge on any atom is 0.173 e. The van der Waals surface area contributed by atoms with E-state index in [1.165, 1.54) is 0 Å². The molecule has 0 aliphatic carbocycles. The molecule has 1 aromatic carbocycles. The van der Waals surface area contributed by atoms with Gasteiger partial charge in [-0.3, -0.25) is 0 Å². The van der Waals surface area contributed by atoms with Gasteiger partial charge < -0.3 is 15.0 Å². The fourth-order valence-corrected chi connectivity index (χ4v) is 1.81. The molecule has 0 atom stereocenters. The molecule has 0 aliphatic heterocycles. The lowest BCUT2D eigenvalue weighted by molar-refractivity contribution is 0.406. The van der Waals surface area contributed by atoms with Gasteiger partial charge in [0.05, 0.1) is 12.7 Å². The van der Waals surface area contributed by atoms with Crippen LogP contribution in [0.3, 0.4) is 0 Å². The van der Waals surface area contributed by atoms with E-state index in [1.54, 1.807) is 13.2 Å². The number of aromatic nitrogens is 1. The average Bonchev–Trinajstić information content (AvgIpc) is 2.63. The zero-order valence-corrected chi connectivity index (χ0v) is 9.57. The summed E-state index contributed by atoms with van der Waals surface area (Å²) in [6.07, 6.45) is 0. The zero-order valence-electron chi connectivity index (χ0n) is 9.57. The van der Waals surface area contributed by atoms with E-state index in [0.717, 1.165) is 22.4 Å². The summed E-state index contributed by atoms with van der Waals surface area (Å²) in [5.74, 6) is 1.78. The minimum atomic E-state index is 0.372. The van der Waals surface area contributed by atoms with Crippen LogP contribution in [0.4, 0.5) is 5.82 Å². The van der Waals surface area contributed by atoms with Crippen LogP contribution in [0, 0.1) is 13.8 Å². The number of hydrogen-bond donors (Lipinski definition) is 1. The van der Waals surface area contributed by atoms with Crippen molar-refractivity contribution in [3.63, 3.8) is 0 Å². The van der Waals surface area contributed by atoms with E-state index in [0.29, 0.717) is 11.6 Å². The number of anilines is 1. The van der Waals surface area contributed by atoms with Crippen molar-refractivity contribution < 1.29 is 9.26 Å². The Morgan fingerprint density at radius 2 is 2.00 bits per heavy atom. The SMILES string of the molecule is COc1cc(C)cc(C)c1-c1cc(N)no1. The predicted octanol–water partition coefficient (Wildman–Crippen LogP) is 2.55. The van der Waals surface area contributed by atoms with Crippen molar-refractivity contribution in [3.05, 3.63) is 29.3 Å². The number of benzene rings is 1. The number of aryl methyl sites for hydroxylation is 2. The number of nitrogens with two attached hydrogens (primary N) is 1. The van der Waals surface area contributed by atoms with E-state index < -0.39 is 0 Å². The van der Waals surface area contributed by atoms with Gasteiger partial charge in [-0.15, -0.1) is 0 Å². The molecule has 0 saturated heterocycles. The molecule has 2 rings (SSSR count). The standard InChI is InChI=1S/C12H14N2O2/c1-7-4-8(2)12(9(5-7)15-3)10-6-11(13)14-16-10/h4-6H,1-3H3,(H2,13,14). The molecular weight excluding hydrogens is 204 g/mol. The molecule has 84 valence electrons. The Kier molecular flexibility index (Phi) is 2.56. The van der Waals surface area contributed by atoms with Gasteiger partial charge in [0, 0.05) is 6.07 Å². The van der Waals surface area contributed by atoms with Gasteiger partial charge in [0.15, 0.2) is 11.6 Å². The van der Waals surface area contributed by atoms with Crippen molar-refractivity contribution in [2.75, 3.05) is 12.8 Å². The van der Waals surface area contributed by atoms with Crippen LogP contribution in [0.5, 0.6) is 5.75 Å². The van der Waals surface area contributed by atoms with Crippen molar-refractivity contribution in [2.45, 2.75) is 13.8 Å². The Hall–Kier alpha value is -1.97. The predicted molar refractivity (Wildman–Crippen MR) is 62.4 cm³/mol. The summed E-state index contributed by atoms with van der Waals surface area (Å²) in [5.41, 5.74) is 8.66. The third kappa shape index (κ3) is 1.74. The molecule has 0 fully saturated rings. The molecule has 2 N–H and O–H groups in total. The molecule has 0 amide bonds.